The Kier molecular flexibility index (Phi) is 8.28. The highest BCUT2D eigenvalue weighted by atomic mass is 16.4. The Hall–Kier alpha value is -2.00. The molecule has 1 rings (SSSR count). The highest BCUT2D eigenvalue weighted by molar-refractivity contribution is 5.91. The zero-order chi connectivity index (χ0) is 17.4. The van der Waals surface area contributed by atoms with E-state index < -0.39 is 30.6 Å². The van der Waals surface area contributed by atoms with E-state index in [9.17, 15) is 9.59 Å². The van der Waals surface area contributed by atoms with Gasteiger partial charge in [-0.3, -0.25) is 0 Å². The lowest BCUT2D eigenvalue weighted by molar-refractivity contribution is -0.159. The van der Waals surface area contributed by atoms with Crippen LogP contribution in [0.15, 0.2) is 24.3 Å². The number of aliphatic hydroxyl groups is 3. The summed E-state index contributed by atoms with van der Waals surface area (Å²) in [7, 11) is 0. The summed E-state index contributed by atoms with van der Waals surface area (Å²) < 4.78 is 0. The van der Waals surface area contributed by atoms with Crippen molar-refractivity contribution in [2.75, 3.05) is 0 Å². The first-order chi connectivity index (χ1) is 10.1. The molecule has 0 bridgehead atoms. The van der Waals surface area contributed by atoms with E-state index >= 15 is 0 Å². The van der Waals surface area contributed by atoms with Gasteiger partial charge in [-0.15, -0.1) is 0 Å². The molecule has 1 aromatic carbocycles. The van der Waals surface area contributed by atoms with Crippen LogP contribution in [-0.4, -0.2) is 61.1 Å². The molecule has 3 atom stereocenters. The number of aromatic carboxylic acids is 2. The molecular weight excluding hydrogens is 294 g/mol. The van der Waals surface area contributed by atoms with Gasteiger partial charge < -0.3 is 25.5 Å². The number of nitrogens with zero attached hydrogens (tertiary/aromatic N) is 1. The summed E-state index contributed by atoms with van der Waals surface area (Å²) in [5, 5.41) is 43.8. The van der Waals surface area contributed by atoms with Gasteiger partial charge in [-0.05, 0) is 45.0 Å². The molecule has 0 aliphatic rings. The van der Waals surface area contributed by atoms with E-state index in [1.807, 2.05) is 0 Å². The Balaban J connectivity index is 0.000000409. The summed E-state index contributed by atoms with van der Waals surface area (Å²) in [5.41, 5.74) is 0.167. The summed E-state index contributed by atoms with van der Waals surface area (Å²) in [4.78, 5) is 21.8. The van der Waals surface area contributed by atoms with Crippen LogP contribution in [-0.2, 0) is 0 Å². The van der Waals surface area contributed by atoms with Crippen molar-refractivity contribution in [1.29, 1.82) is 0 Å². The second-order valence-electron chi connectivity index (χ2n) is 4.53. The fourth-order valence-corrected chi connectivity index (χ4v) is 1.69. The molecule has 0 heterocycles. The van der Waals surface area contributed by atoms with Gasteiger partial charge in [0.2, 0.25) is 0 Å². The summed E-state index contributed by atoms with van der Waals surface area (Å²) in [6.45, 7) is 4.46. The van der Waals surface area contributed by atoms with Crippen LogP contribution in [0.1, 0.15) is 41.5 Å². The van der Waals surface area contributed by atoms with Crippen molar-refractivity contribution in [3.05, 3.63) is 35.4 Å². The van der Waals surface area contributed by atoms with Crippen molar-refractivity contribution in [3.8, 4) is 0 Å². The maximum Gasteiger partial charge on any atom is 0.335 e. The summed E-state index contributed by atoms with van der Waals surface area (Å²) in [6, 6.07) is 5.02. The van der Waals surface area contributed by atoms with Crippen LogP contribution in [0.4, 0.5) is 0 Å². The number of hydrogen-bond acceptors (Lipinski definition) is 6. The van der Waals surface area contributed by atoms with E-state index in [0.717, 1.165) is 0 Å². The number of aliphatic hydroxyl groups excluding tert-OH is 3. The lowest BCUT2D eigenvalue weighted by Gasteiger charge is -2.30. The van der Waals surface area contributed by atoms with Gasteiger partial charge in [0.1, 0.15) is 18.7 Å². The van der Waals surface area contributed by atoms with Crippen molar-refractivity contribution < 1.29 is 35.1 Å². The van der Waals surface area contributed by atoms with Gasteiger partial charge in [-0.2, -0.15) is 0 Å². The predicted octanol–water partition coefficient (Wildman–Crippen LogP) is 0.386. The van der Waals surface area contributed by atoms with Crippen molar-refractivity contribution in [3.63, 3.8) is 0 Å². The molecule has 8 nitrogen and oxygen atoms in total. The van der Waals surface area contributed by atoms with E-state index in [1.54, 1.807) is 0 Å². The fraction of sp³-hybridized carbons (Fsp3) is 0.429. The molecule has 0 spiro atoms. The van der Waals surface area contributed by atoms with Crippen molar-refractivity contribution in [2.45, 2.75) is 39.5 Å². The number of carboxylic acid groups (broad SMARTS) is 2. The first-order valence-electron chi connectivity index (χ1n) is 6.46. The second-order valence-corrected chi connectivity index (χ2v) is 4.53. The van der Waals surface area contributed by atoms with Gasteiger partial charge in [0.25, 0.3) is 0 Å². The number of hydrogen-bond donors (Lipinski definition) is 5. The molecule has 5 N–H and O–H groups in total. The topological polar surface area (TPSA) is 139 Å². The molecule has 3 unspecified atom stereocenters. The zero-order valence-electron chi connectivity index (χ0n) is 12.5. The third kappa shape index (κ3) is 6.64. The van der Waals surface area contributed by atoms with E-state index in [-0.39, 0.29) is 11.1 Å². The molecule has 0 radical (unpaired) electrons. The van der Waals surface area contributed by atoms with E-state index in [2.05, 4.69) is 0 Å². The third-order valence-electron chi connectivity index (χ3n) is 2.67. The van der Waals surface area contributed by atoms with Gasteiger partial charge in [0.15, 0.2) is 0 Å². The summed E-state index contributed by atoms with van der Waals surface area (Å²) in [5.74, 6) is -2.13. The third-order valence-corrected chi connectivity index (χ3v) is 2.67. The normalized spacial score (nSPS) is 14.5. The van der Waals surface area contributed by atoms with Crippen LogP contribution in [0.2, 0.25) is 0 Å². The van der Waals surface area contributed by atoms with E-state index in [0.29, 0.717) is 0 Å². The lowest BCUT2D eigenvalue weighted by Crippen LogP contribution is -2.45. The Morgan fingerprint density at radius 2 is 1.00 bits per heavy atom. The monoisotopic (exact) mass is 315 g/mol. The van der Waals surface area contributed by atoms with Crippen LogP contribution in [0.3, 0.4) is 0 Å². The number of carboxylic acids is 2. The minimum Gasteiger partial charge on any atom is -0.478 e. The minimum absolute atomic E-state index is 0.0833. The highest BCUT2D eigenvalue weighted by Crippen LogP contribution is 2.04. The van der Waals surface area contributed by atoms with Gasteiger partial charge in [-0.1, -0.05) is 0 Å². The van der Waals surface area contributed by atoms with Crippen LogP contribution in [0.25, 0.3) is 0 Å². The Morgan fingerprint density at radius 3 is 1.09 bits per heavy atom. The fourth-order valence-electron chi connectivity index (χ4n) is 1.69. The van der Waals surface area contributed by atoms with Gasteiger partial charge >= 0.3 is 11.9 Å². The molecule has 1 aromatic rings. The molecule has 22 heavy (non-hydrogen) atoms. The first-order valence-corrected chi connectivity index (χ1v) is 6.46. The average Bonchev–Trinajstić information content (AvgIpc) is 2.37. The Morgan fingerprint density at radius 1 is 0.773 bits per heavy atom. The van der Waals surface area contributed by atoms with Crippen molar-refractivity contribution in [2.24, 2.45) is 0 Å². The molecule has 124 valence electrons. The molecule has 0 saturated heterocycles. The van der Waals surface area contributed by atoms with Crippen LogP contribution in [0.5, 0.6) is 0 Å². The van der Waals surface area contributed by atoms with Gasteiger partial charge in [0, 0.05) is 0 Å². The second kappa shape index (κ2) is 9.11. The molecule has 0 aliphatic carbocycles. The number of carbonyl (C=O) groups is 2. The maximum atomic E-state index is 10.3. The Bertz CT molecular complexity index is 430. The smallest absolute Gasteiger partial charge is 0.335 e. The summed E-state index contributed by atoms with van der Waals surface area (Å²) in [6.07, 6.45) is -2.50. The molecule has 0 amide bonds. The predicted molar refractivity (Wildman–Crippen MR) is 77.2 cm³/mol. The Labute approximate surface area is 127 Å². The zero-order valence-corrected chi connectivity index (χ0v) is 12.5. The van der Waals surface area contributed by atoms with Crippen LogP contribution in [0, 0.1) is 0 Å². The van der Waals surface area contributed by atoms with Gasteiger partial charge in [-0.25, -0.2) is 14.5 Å². The van der Waals surface area contributed by atoms with Crippen molar-refractivity contribution >= 4 is 11.9 Å². The SMILES string of the molecule is CC(O)N(C(C)O)C(C)O.O=C(O)c1ccc(C(=O)O)cc1. The summed E-state index contributed by atoms with van der Waals surface area (Å²) >= 11 is 0. The maximum absolute atomic E-state index is 10.3. The molecule has 8 heteroatoms. The van der Waals surface area contributed by atoms with E-state index in [4.69, 9.17) is 25.5 Å². The highest BCUT2D eigenvalue weighted by Gasteiger charge is 2.20. The molecule has 0 fully saturated rings. The van der Waals surface area contributed by atoms with Crippen LogP contribution < -0.4 is 0 Å². The first kappa shape index (κ1) is 20.0. The van der Waals surface area contributed by atoms with E-state index in [1.165, 1.54) is 49.9 Å². The molecule has 0 aliphatic heterocycles. The molecule has 0 aromatic heterocycles. The van der Waals surface area contributed by atoms with Gasteiger partial charge in [0.05, 0.1) is 11.1 Å². The number of rotatable bonds is 5. The molecular formula is C14H21NO7. The number of benzene rings is 1. The largest absolute Gasteiger partial charge is 0.478 e. The van der Waals surface area contributed by atoms with Crippen LogP contribution >= 0.6 is 0 Å². The standard InChI is InChI=1S/C8H6O4.C6H15NO3/c9-7(10)5-1-2-6(4-3-5)8(11)12;1-4(8)7(5(2)9)6(3)10/h1-4H,(H,9,10)(H,11,12);4-6,8-10H,1-3H3. The van der Waals surface area contributed by atoms with Crippen molar-refractivity contribution in [1.82, 2.24) is 4.90 Å². The quantitative estimate of drug-likeness (QED) is 0.492. The minimum atomic E-state index is -1.06. The average molecular weight is 315 g/mol. The molecule has 0 saturated carbocycles. The lowest BCUT2D eigenvalue weighted by atomic mass is 10.1.